The van der Waals surface area contributed by atoms with Gasteiger partial charge in [-0.2, -0.15) is 0 Å². The van der Waals surface area contributed by atoms with Crippen molar-refractivity contribution >= 4 is 39.3 Å². The summed E-state index contributed by atoms with van der Waals surface area (Å²) in [6, 6.07) is 12.9. The van der Waals surface area contributed by atoms with E-state index in [0.29, 0.717) is 16.0 Å². The first-order chi connectivity index (χ1) is 11.6. The van der Waals surface area contributed by atoms with Gasteiger partial charge < -0.3 is 0 Å². The van der Waals surface area contributed by atoms with Crippen molar-refractivity contribution in [1.82, 2.24) is 9.97 Å². The SMILES string of the molecule is Cc1ccc(C(=O)N(c2ncc(Cl)nc2Br)[n+]2ccccc2)cc1. The molecule has 3 rings (SSSR count). The van der Waals surface area contributed by atoms with Gasteiger partial charge in [0.1, 0.15) is 5.15 Å². The molecule has 0 spiro atoms. The van der Waals surface area contributed by atoms with E-state index in [9.17, 15) is 4.79 Å². The molecule has 0 bridgehead atoms. The molecule has 2 aromatic heterocycles. The molecule has 0 saturated carbocycles. The van der Waals surface area contributed by atoms with Gasteiger partial charge in [-0.15, -0.1) is 0 Å². The number of carbonyl (C=O) groups excluding carboxylic acids is 1. The Balaban J connectivity index is 2.12. The summed E-state index contributed by atoms with van der Waals surface area (Å²) in [6.07, 6.45) is 4.92. The summed E-state index contributed by atoms with van der Waals surface area (Å²) in [6.45, 7) is 1.97. The van der Waals surface area contributed by atoms with Gasteiger partial charge in [0.25, 0.3) is 0 Å². The smallest absolute Gasteiger partial charge is 0.263 e. The first-order valence-corrected chi connectivity index (χ1v) is 8.29. The van der Waals surface area contributed by atoms with E-state index in [1.54, 1.807) is 29.2 Å². The lowest BCUT2D eigenvalue weighted by atomic mass is 10.1. The third-order valence-corrected chi connectivity index (χ3v) is 4.02. The number of rotatable bonds is 3. The summed E-state index contributed by atoms with van der Waals surface area (Å²) >= 11 is 9.20. The number of nitrogens with zero attached hydrogens (tertiary/aromatic N) is 4. The zero-order chi connectivity index (χ0) is 17.1. The van der Waals surface area contributed by atoms with Crippen molar-refractivity contribution in [2.24, 2.45) is 0 Å². The Morgan fingerprint density at radius 2 is 1.83 bits per heavy atom. The van der Waals surface area contributed by atoms with E-state index in [1.807, 2.05) is 37.3 Å². The van der Waals surface area contributed by atoms with Crippen LogP contribution in [-0.4, -0.2) is 15.9 Å². The van der Waals surface area contributed by atoms with E-state index in [0.717, 1.165) is 5.56 Å². The zero-order valence-corrected chi connectivity index (χ0v) is 15.1. The topological polar surface area (TPSA) is 50.0 Å². The van der Waals surface area contributed by atoms with E-state index in [-0.39, 0.29) is 11.1 Å². The molecular weight excluding hydrogens is 392 g/mol. The molecule has 3 aromatic rings. The quantitative estimate of drug-likeness (QED) is 0.627. The summed E-state index contributed by atoms with van der Waals surface area (Å²) in [5.74, 6) is 0.115. The molecule has 7 heteroatoms. The number of benzene rings is 1. The van der Waals surface area contributed by atoms with Crippen molar-refractivity contribution in [3.63, 3.8) is 0 Å². The number of carbonyl (C=O) groups is 1. The minimum absolute atomic E-state index is 0.233. The second-order valence-corrected chi connectivity index (χ2v) is 6.18. The Labute approximate surface area is 152 Å². The molecule has 24 heavy (non-hydrogen) atoms. The number of aryl methyl sites for hydroxylation is 1. The van der Waals surface area contributed by atoms with E-state index in [2.05, 4.69) is 25.9 Å². The van der Waals surface area contributed by atoms with Crippen LogP contribution in [0.2, 0.25) is 5.15 Å². The number of hydrogen-bond acceptors (Lipinski definition) is 3. The fourth-order valence-corrected chi connectivity index (χ4v) is 2.83. The van der Waals surface area contributed by atoms with E-state index < -0.39 is 0 Å². The van der Waals surface area contributed by atoms with Crippen molar-refractivity contribution in [3.8, 4) is 0 Å². The standard InChI is InChI=1S/C17H13BrClN4O/c1-12-5-7-13(8-6-12)17(24)23(22-9-3-2-4-10-22)16-15(18)21-14(19)11-20-16/h2-11H,1H3/q+1. The number of amides is 1. The van der Waals surface area contributed by atoms with Gasteiger partial charge in [0.2, 0.25) is 18.2 Å². The normalized spacial score (nSPS) is 10.5. The largest absolute Gasteiger partial charge is 0.316 e. The first-order valence-electron chi connectivity index (χ1n) is 7.12. The summed E-state index contributed by atoms with van der Waals surface area (Å²) < 4.78 is 2.03. The Morgan fingerprint density at radius 3 is 2.46 bits per heavy atom. The third-order valence-electron chi connectivity index (χ3n) is 3.31. The van der Waals surface area contributed by atoms with Crippen molar-refractivity contribution < 1.29 is 9.47 Å². The molecule has 2 heterocycles. The molecule has 0 aliphatic carbocycles. The monoisotopic (exact) mass is 403 g/mol. The molecule has 0 fully saturated rings. The maximum absolute atomic E-state index is 13.1. The molecule has 120 valence electrons. The molecule has 1 aromatic carbocycles. The van der Waals surface area contributed by atoms with Crippen LogP contribution in [0, 0.1) is 6.92 Å². The van der Waals surface area contributed by atoms with Crippen LogP contribution in [0.15, 0.2) is 65.7 Å². The third kappa shape index (κ3) is 3.44. The second-order valence-electron chi connectivity index (χ2n) is 5.05. The average molecular weight is 405 g/mol. The number of pyridine rings is 1. The molecule has 0 saturated heterocycles. The summed E-state index contributed by atoms with van der Waals surface area (Å²) in [5.41, 5.74) is 1.62. The fraction of sp³-hybridized carbons (Fsp3) is 0.0588. The van der Waals surface area contributed by atoms with Crippen LogP contribution in [-0.2, 0) is 0 Å². The van der Waals surface area contributed by atoms with Crippen LogP contribution in [0.1, 0.15) is 15.9 Å². The number of halogens is 2. The molecule has 0 radical (unpaired) electrons. The van der Waals surface area contributed by atoms with Crippen molar-refractivity contribution in [3.05, 3.63) is 81.9 Å². The van der Waals surface area contributed by atoms with Gasteiger partial charge in [0.15, 0.2) is 4.60 Å². The maximum atomic E-state index is 13.1. The Bertz CT molecular complexity index is 872. The highest BCUT2D eigenvalue weighted by atomic mass is 79.9. The van der Waals surface area contributed by atoms with E-state index in [1.165, 1.54) is 11.2 Å². The molecular formula is C17H13BrClN4O+. The van der Waals surface area contributed by atoms with E-state index >= 15 is 0 Å². The van der Waals surface area contributed by atoms with Crippen LogP contribution in [0.4, 0.5) is 5.82 Å². The highest BCUT2D eigenvalue weighted by Gasteiger charge is 2.30. The van der Waals surface area contributed by atoms with Crippen molar-refractivity contribution in [2.45, 2.75) is 6.92 Å². The molecule has 0 unspecified atom stereocenters. The van der Waals surface area contributed by atoms with Gasteiger partial charge in [-0.05, 0) is 35.0 Å². The first kappa shape index (κ1) is 16.5. The summed E-state index contributed by atoms with van der Waals surface area (Å²) in [4.78, 5) is 21.5. The van der Waals surface area contributed by atoms with Crippen LogP contribution in [0.25, 0.3) is 0 Å². The molecule has 5 nitrogen and oxygen atoms in total. The summed E-state index contributed by atoms with van der Waals surface area (Å²) in [5, 5.41) is 1.67. The lowest BCUT2D eigenvalue weighted by Gasteiger charge is -2.15. The Kier molecular flexibility index (Phi) is 4.87. The number of aromatic nitrogens is 3. The number of anilines is 1. The maximum Gasteiger partial charge on any atom is 0.316 e. The number of hydrogen-bond donors (Lipinski definition) is 0. The van der Waals surface area contributed by atoms with Gasteiger partial charge in [-0.3, -0.25) is 4.79 Å². The lowest BCUT2D eigenvalue weighted by Crippen LogP contribution is -2.57. The minimum atomic E-state index is -0.233. The zero-order valence-electron chi connectivity index (χ0n) is 12.7. The highest BCUT2D eigenvalue weighted by molar-refractivity contribution is 9.10. The molecule has 0 aliphatic heterocycles. The van der Waals surface area contributed by atoms with Crippen molar-refractivity contribution in [2.75, 3.05) is 5.01 Å². The van der Waals surface area contributed by atoms with E-state index in [4.69, 9.17) is 11.6 Å². The van der Waals surface area contributed by atoms with Crippen LogP contribution in [0.5, 0.6) is 0 Å². The molecule has 0 aliphatic rings. The van der Waals surface area contributed by atoms with Crippen molar-refractivity contribution in [1.29, 1.82) is 0 Å². The molecule has 1 amide bonds. The molecule has 0 N–H and O–H groups in total. The Morgan fingerprint density at radius 1 is 1.17 bits per heavy atom. The minimum Gasteiger partial charge on any atom is -0.263 e. The van der Waals surface area contributed by atoms with Crippen LogP contribution < -0.4 is 9.69 Å². The fourth-order valence-electron chi connectivity index (χ4n) is 2.13. The van der Waals surface area contributed by atoms with Gasteiger partial charge in [-0.25, -0.2) is 9.97 Å². The predicted octanol–water partition coefficient (Wildman–Crippen LogP) is 3.60. The van der Waals surface area contributed by atoms with Crippen LogP contribution >= 0.6 is 27.5 Å². The predicted molar refractivity (Wildman–Crippen MR) is 94.8 cm³/mol. The lowest BCUT2D eigenvalue weighted by molar-refractivity contribution is -0.674. The average Bonchev–Trinajstić information content (AvgIpc) is 2.58. The summed E-state index contributed by atoms with van der Waals surface area (Å²) in [7, 11) is 0. The Hall–Kier alpha value is -2.31. The molecule has 0 atom stereocenters. The van der Waals surface area contributed by atoms with Gasteiger partial charge in [0.05, 0.1) is 6.20 Å². The second kappa shape index (κ2) is 7.07. The van der Waals surface area contributed by atoms with Gasteiger partial charge in [-0.1, -0.05) is 45.0 Å². The van der Waals surface area contributed by atoms with Gasteiger partial charge >= 0.3 is 5.91 Å². The van der Waals surface area contributed by atoms with Crippen LogP contribution in [0.3, 0.4) is 0 Å². The highest BCUT2D eigenvalue weighted by Crippen LogP contribution is 2.23. The van der Waals surface area contributed by atoms with Gasteiger partial charge in [0, 0.05) is 17.7 Å².